The van der Waals surface area contributed by atoms with Gasteiger partial charge in [0.2, 0.25) is 5.91 Å². The highest BCUT2D eigenvalue weighted by molar-refractivity contribution is 6.30. The number of amides is 1. The fourth-order valence-electron chi connectivity index (χ4n) is 3.60. The molecule has 9 heteroatoms. The predicted molar refractivity (Wildman–Crippen MR) is 113 cm³/mol. The Morgan fingerprint density at radius 1 is 1.20 bits per heavy atom. The van der Waals surface area contributed by atoms with Crippen molar-refractivity contribution in [3.05, 3.63) is 76.3 Å². The number of fused-ring (bicyclic) bond motifs is 1. The van der Waals surface area contributed by atoms with Gasteiger partial charge in [-0.3, -0.25) is 4.79 Å². The quantitative estimate of drug-likeness (QED) is 0.515. The minimum atomic E-state index is -0.368. The van der Waals surface area contributed by atoms with Crippen LogP contribution in [0.25, 0.3) is 5.78 Å². The summed E-state index contributed by atoms with van der Waals surface area (Å²) >= 11 is 6.03. The molecule has 0 fully saturated rings. The van der Waals surface area contributed by atoms with Gasteiger partial charge in [0.15, 0.2) is 0 Å². The van der Waals surface area contributed by atoms with E-state index >= 15 is 0 Å². The molecular weight excluding hydrogens is 402 g/mol. The smallest absolute Gasteiger partial charge is 0.252 e. The standard InChI is InChI=1S/C21H22ClN7O/c1-13-17(14(2)29-21(26-13)24-12-25-29)8-9-18(30)27-19(20-23-10-11-28(20)3)15-4-6-16(22)7-5-15/h4-7,10-12,19H,8-9H2,1-3H3,(H,27,30)/t19-/m0/s1. The second-order valence-electron chi connectivity index (χ2n) is 7.18. The zero-order chi connectivity index (χ0) is 21.3. The Morgan fingerprint density at radius 2 is 1.97 bits per heavy atom. The first-order valence-corrected chi connectivity index (χ1v) is 9.99. The largest absolute Gasteiger partial charge is 0.342 e. The molecule has 0 spiro atoms. The van der Waals surface area contributed by atoms with Crippen LogP contribution in [0.15, 0.2) is 43.0 Å². The van der Waals surface area contributed by atoms with Crippen LogP contribution in [-0.2, 0) is 18.3 Å². The molecule has 0 aliphatic carbocycles. The second kappa shape index (κ2) is 8.23. The third kappa shape index (κ3) is 3.91. The summed E-state index contributed by atoms with van der Waals surface area (Å²) in [6.07, 6.45) is 5.93. The van der Waals surface area contributed by atoms with Crippen molar-refractivity contribution < 1.29 is 4.79 Å². The van der Waals surface area contributed by atoms with Gasteiger partial charge in [0, 0.05) is 42.3 Å². The number of rotatable bonds is 6. The Balaban J connectivity index is 1.54. The number of nitrogens with zero attached hydrogens (tertiary/aromatic N) is 6. The molecular formula is C21H22ClN7O. The number of hydrogen-bond acceptors (Lipinski definition) is 5. The maximum absolute atomic E-state index is 12.9. The normalized spacial score (nSPS) is 12.3. The number of hydrogen-bond donors (Lipinski definition) is 1. The van der Waals surface area contributed by atoms with E-state index in [0.29, 0.717) is 23.6 Å². The summed E-state index contributed by atoms with van der Waals surface area (Å²) in [5.41, 5.74) is 3.73. The fourth-order valence-corrected chi connectivity index (χ4v) is 3.72. The van der Waals surface area contributed by atoms with E-state index in [2.05, 4.69) is 25.4 Å². The zero-order valence-electron chi connectivity index (χ0n) is 17.0. The molecule has 4 rings (SSSR count). The second-order valence-corrected chi connectivity index (χ2v) is 7.62. The Hall–Kier alpha value is -3.26. The van der Waals surface area contributed by atoms with E-state index in [9.17, 15) is 4.79 Å². The van der Waals surface area contributed by atoms with Crippen LogP contribution in [0.3, 0.4) is 0 Å². The molecule has 30 heavy (non-hydrogen) atoms. The highest BCUT2D eigenvalue weighted by atomic mass is 35.5. The van der Waals surface area contributed by atoms with Crippen molar-refractivity contribution in [1.82, 2.24) is 34.4 Å². The van der Waals surface area contributed by atoms with E-state index < -0.39 is 0 Å². The van der Waals surface area contributed by atoms with Gasteiger partial charge in [0.05, 0.1) is 0 Å². The highest BCUT2D eigenvalue weighted by Gasteiger charge is 2.21. The molecule has 3 heterocycles. The molecule has 1 atom stereocenters. The summed E-state index contributed by atoms with van der Waals surface area (Å²) in [7, 11) is 1.91. The minimum absolute atomic E-state index is 0.0737. The topological polar surface area (TPSA) is 90.0 Å². The number of halogens is 1. The summed E-state index contributed by atoms with van der Waals surface area (Å²) in [4.78, 5) is 25.9. The van der Waals surface area contributed by atoms with Crippen LogP contribution >= 0.6 is 11.6 Å². The number of imidazole rings is 1. The van der Waals surface area contributed by atoms with E-state index in [-0.39, 0.29) is 11.9 Å². The third-order valence-electron chi connectivity index (χ3n) is 5.22. The van der Waals surface area contributed by atoms with E-state index in [1.165, 1.54) is 6.33 Å². The summed E-state index contributed by atoms with van der Waals surface area (Å²) in [5.74, 6) is 1.25. The van der Waals surface area contributed by atoms with Crippen molar-refractivity contribution in [3.8, 4) is 0 Å². The summed E-state index contributed by atoms with van der Waals surface area (Å²) in [5, 5.41) is 7.97. The van der Waals surface area contributed by atoms with Crippen LogP contribution in [0.5, 0.6) is 0 Å². The average molecular weight is 424 g/mol. The first-order valence-electron chi connectivity index (χ1n) is 9.62. The van der Waals surface area contributed by atoms with Crippen molar-refractivity contribution in [2.75, 3.05) is 0 Å². The van der Waals surface area contributed by atoms with Crippen LogP contribution in [0, 0.1) is 13.8 Å². The van der Waals surface area contributed by atoms with Crippen LogP contribution in [0.4, 0.5) is 0 Å². The molecule has 0 radical (unpaired) electrons. The van der Waals surface area contributed by atoms with E-state index in [0.717, 1.165) is 28.3 Å². The van der Waals surface area contributed by atoms with Gasteiger partial charge in [0.25, 0.3) is 5.78 Å². The van der Waals surface area contributed by atoms with Crippen LogP contribution in [-0.4, -0.2) is 35.0 Å². The monoisotopic (exact) mass is 423 g/mol. The molecule has 4 aromatic rings. The van der Waals surface area contributed by atoms with Crippen molar-refractivity contribution in [1.29, 1.82) is 0 Å². The predicted octanol–water partition coefficient (Wildman–Crippen LogP) is 2.97. The lowest BCUT2D eigenvalue weighted by atomic mass is 10.0. The molecule has 8 nitrogen and oxygen atoms in total. The minimum Gasteiger partial charge on any atom is -0.342 e. The van der Waals surface area contributed by atoms with Gasteiger partial charge >= 0.3 is 0 Å². The molecule has 1 N–H and O–H groups in total. The Morgan fingerprint density at radius 3 is 2.67 bits per heavy atom. The van der Waals surface area contributed by atoms with Gasteiger partial charge in [-0.05, 0) is 43.5 Å². The fraction of sp³-hybridized carbons (Fsp3) is 0.286. The summed E-state index contributed by atoms with van der Waals surface area (Å²) in [6, 6.07) is 7.06. The van der Waals surface area contributed by atoms with E-state index in [1.54, 1.807) is 10.7 Å². The lowest BCUT2D eigenvalue weighted by molar-refractivity contribution is -0.121. The van der Waals surface area contributed by atoms with Gasteiger partial charge in [-0.2, -0.15) is 10.1 Å². The van der Waals surface area contributed by atoms with Gasteiger partial charge in [-0.1, -0.05) is 23.7 Å². The number of carbonyl (C=O) groups excluding carboxylic acids is 1. The number of benzene rings is 1. The molecule has 0 saturated heterocycles. The SMILES string of the molecule is Cc1nc2ncnn2c(C)c1CCC(=O)N[C@@H](c1ccc(Cl)cc1)c1nccn1C. The van der Waals surface area contributed by atoms with Crippen molar-refractivity contribution in [2.24, 2.45) is 7.05 Å². The van der Waals surface area contributed by atoms with Gasteiger partial charge < -0.3 is 9.88 Å². The lowest BCUT2D eigenvalue weighted by Crippen LogP contribution is -2.31. The molecule has 0 bridgehead atoms. The molecule has 154 valence electrons. The third-order valence-corrected chi connectivity index (χ3v) is 5.47. The van der Waals surface area contributed by atoms with Gasteiger partial charge in [0.1, 0.15) is 18.2 Å². The summed E-state index contributed by atoms with van der Waals surface area (Å²) < 4.78 is 3.60. The van der Waals surface area contributed by atoms with Gasteiger partial charge in [-0.25, -0.2) is 14.5 Å². The van der Waals surface area contributed by atoms with E-state index in [4.69, 9.17) is 11.6 Å². The Bertz CT molecular complexity index is 1200. The summed E-state index contributed by atoms with van der Waals surface area (Å²) in [6.45, 7) is 3.90. The molecule has 0 unspecified atom stereocenters. The molecule has 1 amide bonds. The maximum Gasteiger partial charge on any atom is 0.252 e. The van der Waals surface area contributed by atoms with Crippen LogP contribution < -0.4 is 5.32 Å². The average Bonchev–Trinajstić information content (AvgIpc) is 3.35. The van der Waals surface area contributed by atoms with Crippen LogP contribution in [0.1, 0.15) is 40.8 Å². The number of nitrogens with one attached hydrogen (secondary N) is 1. The number of aromatic nitrogens is 6. The highest BCUT2D eigenvalue weighted by Crippen LogP contribution is 2.23. The number of aryl methyl sites for hydroxylation is 3. The lowest BCUT2D eigenvalue weighted by Gasteiger charge is -2.19. The zero-order valence-corrected chi connectivity index (χ0v) is 17.8. The molecule has 0 saturated carbocycles. The van der Waals surface area contributed by atoms with Crippen molar-refractivity contribution >= 4 is 23.3 Å². The van der Waals surface area contributed by atoms with E-state index in [1.807, 2.05) is 55.9 Å². The van der Waals surface area contributed by atoms with Crippen molar-refractivity contribution in [2.45, 2.75) is 32.7 Å². The first kappa shape index (κ1) is 20.0. The number of carbonyl (C=O) groups is 1. The van der Waals surface area contributed by atoms with Crippen LogP contribution in [0.2, 0.25) is 5.02 Å². The van der Waals surface area contributed by atoms with Crippen molar-refractivity contribution in [3.63, 3.8) is 0 Å². The molecule has 3 aromatic heterocycles. The molecule has 0 aliphatic rings. The maximum atomic E-state index is 12.9. The first-order chi connectivity index (χ1) is 14.4. The molecule has 1 aromatic carbocycles. The van der Waals surface area contributed by atoms with Gasteiger partial charge in [-0.15, -0.1) is 0 Å². The Labute approximate surface area is 178 Å². The Kier molecular flexibility index (Phi) is 5.50. The molecule has 0 aliphatic heterocycles.